The molecule has 1 atom stereocenters. The molecule has 0 bridgehead atoms. The topological polar surface area (TPSA) is 72.8 Å². The fraction of sp³-hybridized carbons (Fsp3) is 0.538. The van der Waals surface area contributed by atoms with Crippen LogP contribution in [0.2, 0.25) is 0 Å². The van der Waals surface area contributed by atoms with E-state index in [1.165, 1.54) is 0 Å². The van der Waals surface area contributed by atoms with Crippen LogP contribution in [0.1, 0.15) is 88.0 Å². The quantitative estimate of drug-likeness (QED) is 0.322. The van der Waals surface area contributed by atoms with Crippen LogP contribution in [0.25, 0.3) is 0 Å². The molecule has 0 saturated heterocycles. The number of aliphatic hydroxyl groups excluding tert-OH is 1. The van der Waals surface area contributed by atoms with E-state index in [2.05, 4.69) is 13.8 Å². The van der Waals surface area contributed by atoms with Gasteiger partial charge in [0.1, 0.15) is 4.90 Å². The lowest BCUT2D eigenvalue weighted by molar-refractivity contribution is 0.0510. The summed E-state index contributed by atoms with van der Waals surface area (Å²) < 4.78 is 37.4. The van der Waals surface area contributed by atoms with Gasteiger partial charge in [0.25, 0.3) is 10.1 Å². The monoisotopic (exact) mass is 462 g/mol. The number of benzene rings is 2. The summed E-state index contributed by atoms with van der Waals surface area (Å²) in [5, 5.41) is 10.3. The molecular weight excluding hydrogens is 424 g/mol. The summed E-state index contributed by atoms with van der Waals surface area (Å²) in [6, 6.07) is 13.7. The first-order chi connectivity index (χ1) is 15.0. The van der Waals surface area contributed by atoms with E-state index in [1.54, 1.807) is 0 Å². The van der Waals surface area contributed by atoms with Gasteiger partial charge in [0, 0.05) is 6.61 Å². The minimum Gasteiger partial charge on any atom is -0.391 e. The minimum absolute atomic E-state index is 0.0240. The average molecular weight is 463 g/mol. The molecule has 178 valence electrons. The van der Waals surface area contributed by atoms with Crippen molar-refractivity contribution >= 4 is 10.1 Å². The van der Waals surface area contributed by atoms with E-state index in [0.29, 0.717) is 25.6 Å². The molecule has 0 aliphatic heterocycles. The summed E-state index contributed by atoms with van der Waals surface area (Å²) in [5.74, 6) is 0.340. The van der Waals surface area contributed by atoms with Gasteiger partial charge in [-0.1, -0.05) is 84.0 Å². The van der Waals surface area contributed by atoms with Gasteiger partial charge in [-0.2, -0.15) is 8.42 Å². The van der Waals surface area contributed by atoms with Crippen LogP contribution in [0.15, 0.2) is 47.4 Å². The second-order valence-corrected chi connectivity index (χ2v) is 10.8. The lowest BCUT2D eigenvalue weighted by Crippen LogP contribution is -2.22. The third-order valence-electron chi connectivity index (χ3n) is 5.45. The molecule has 0 radical (unpaired) electrons. The molecular formula is C26H38O5S. The van der Waals surface area contributed by atoms with Crippen LogP contribution >= 0.6 is 0 Å². The molecule has 2 aromatic carbocycles. The SMILES string of the molecule is CC(C)c1cc(C(C)C)c(S(=O)(=O)OC[C@@H](O)CCOCc2ccccc2)c(C(C)C)c1. The zero-order valence-corrected chi connectivity index (χ0v) is 21.0. The van der Waals surface area contributed by atoms with Gasteiger partial charge >= 0.3 is 0 Å². The Balaban J connectivity index is 2.08. The van der Waals surface area contributed by atoms with E-state index in [4.69, 9.17) is 8.92 Å². The van der Waals surface area contributed by atoms with Crippen molar-refractivity contribution in [3.63, 3.8) is 0 Å². The molecule has 0 amide bonds. The first kappa shape index (κ1) is 26.5. The molecule has 1 N–H and O–H groups in total. The third-order valence-corrected chi connectivity index (χ3v) is 6.87. The van der Waals surface area contributed by atoms with Crippen molar-refractivity contribution in [2.75, 3.05) is 13.2 Å². The molecule has 0 fully saturated rings. The Kier molecular flexibility index (Phi) is 9.89. The molecule has 0 aliphatic carbocycles. The predicted molar refractivity (Wildman–Crippen MR) is 129 cm³/mol. The van der Waals surface area contributed by atoms with Gasteiger partial charge in [-0.15, -0.1) is 0 Å². The fourth-order valence-corrected chi connectivity index (χ4v) is 5.09. The van der Waals surface area contributed by atoms with E-state index >= 15 is 0 Å². The molecule has 5 nitrogen and oxygen atoms in total. The Morgan fingerprint density at radius 1 is 0.875 bits per heavy atom. The molecule has 0 aliphatic rings. The Morgan fingerprint density at radius 2 is 1.44 bits per heavy atom. The Bertz CT molecular complexity index is 920. The van der Waals surface area contributed by atoms with Gasteiger partial charge in [0.2, 0.25) is 0 Å². The second-order valence-electron chi connectivity index (χ2n) is 9.21. The molecule has 0 heterocycles. The average Bonchev–Trinajstić information content (AvgIpc) is 2.75. The normalized spacial score (nSPS) is 13.3. The van der Waals surface area contributed by atoms with E-state index in [9.17, 15) is 13.5 Å². The van der Waals surface area contributed by atoms with Crippen LogP contribution in [-0.4, -0.2) is 32.8 Å². The van der Waals surface area contributed by atoms with Crippen molar-refractivity contribution in [3.05, 3.63) is 64.7 Å². The summed E-state index contributed by atoms with van der Waals surface area (Å²) in [7, 11) is -4.02. The Labute approximate surface area is 193 Å². The number of ether oxygens (including phenoxy) is 1. The van der Waals surface area contributed by atoms with Crippen molar-refractivity contribution in [1.29, 1.82) is 0 Å². The summed E-state index contributed by atoms with van der Waals surface area (Å²) in [5.41, 5.74) is 3.70. The summed E-state index contributed by atoms with van der Waals surface area (Å²) in [4.78, 5) is 0.249. The van der Waals surface area contributed by atoms with Gasteiger partial charge in [-0.05, 0) is 46.4 Å². The largest absolute Gasteiger partial charge is 0.391 e. The summed E-state index contributed by atoms with van der Waals surface area (Å²) >= 11 is 0. The zero-order valence-electron chi connectivity index (χ0n) is 20.2. The number of aliphatic hydroxyl groups is 1. The zero-order chi connectivity index (χ0) is 23.9. The van der Waals surface area contributed by atoms with Crippen LogP contribution < -0.4 is 0 Å². The third kappa shape index (κ3) is 7.41. The molecule has 0 aromatic heterocycles. The van der Waals surface area contributed by atoms with Crippen LogP contribution in [0.3, 0.4) is 0 Å². The van der Waals surface area contributed by atoms with Crippen molar-refractivity contribution < 1.29 is 22.4 Å². The summed E-state index contributed by atoms with van der Waals surface area (Å²) in [6.07, 6.45) is -0.636. The molecule has 6 heteroatoms. The molecule has 2 aromatic rings. The fourth-order valence-electron chi connectivity index (χ4n) is 3.47. The van der Waals surface area contributed by atoms with E-state index < -0.39 is 16.2 Å². The van der Waals surface area contributed by atoms with Crippen LogP contribution in [0.4, 0.5) is 0 Å². The molecule has 32 heavy (non-hydrogen) atoms. The van der Waals surface area contributed by atoms with E-state index in [0.717, 1.165) is 22.3 Å². The van der Waals surface area contributed by atoms with Crippen LogP contribution in [0, 0.1) is 0 Å². The standard InChI is InChI=1S/C26H38O5S/c1-18(2)22-14-24(19(3)4)26(25(15-22)20(5)6)32(28,29)31-17-23(27)12-13-30-16-21-10-8-7-9-11-21/h7-11,14-15,18-20,23,27H,12-13,16-17H2,1-6H3/t23-/m0/s1. The van der Waals surface area contributed by atoms with Gasteiger partial charge in [0.05, 0.1) is 19.3 Å². The minimum atomic E-state index is -4.02. The lowest BCUT2D eigenvalue weighted by Gasteiger charge is -2.22. The molecule has 2 rings (SSSR count). The first-order valence-electron chi connectivity index (χ1n) is 11.4. The van der Waals surface area contributed by atoms with Crippen LogP contribution in [-0.2, 0) is 25.6 Å². The van der Waals surface area contributed by atoms with Gasteiger partial charge in [-0.25, -0.2) is 0 Å². The summed E-state index contributed by atoms with van der Waals surface area (Å²) in [6.45, 7) is 12.6. The Morgan fingerprint density at radius 3 is 1.94 bits per heavy atom. The number of hydrogen-bond acceptors (Lipinski definition) is 5. The maximum atomic E-state index is 13.2. The molecule has 0 spiro atoms. The molecule has 0 unspecified atom stereocenters. The van der Waals surface area contributed by atoms with Crippen LogP contribution in [0.5, 0.6) is 0 Å². The van der Waals surface area contributed by atoms with Gasteiger partial charge in [0.15, 0.2) is 0 Å². The van der Waals surface area contributed by atoms with Gasteiger partial charge in [-0.3, -0.25) is 4.18 Å². The maximum absolute atomic E-state index is 13.2. The second kappa shape index (κ2) is 11.9. The van der Waals surface area contributed by atoms with E-state index in [1.807, 2.05) is 70.2 Å². The highest BCUT2D eigenvalue weighted by Gasteiger charge is 2.28. The number of hydrogen-bond donors (Lipinski definition) is 1. The van der Waals surface area contributed by atoms with Crippen molar-refractivity contribution in [2.45, 2.75) is 83.3 Å². The predicted octanol–water partition coefficient (Wildman–Crippen LogP) is 5.73. The lowest BCUT2D eigenvalue weighted by atomic mass is 9.89. The van der Waals surface area contributed by atoms with E-state index in [-0.39, 0.29) is 23.3 Å². The Hall–Kier alpha value is -1.73. The number of rotatable bonds is 12. The van der Waals surface area contributed by atoms with Gasteiger partial charge < -0.3 is 9.84 Å². The maximum Gasteiger partial charge on any atom is 0.297 e. The van der Waals surface area contributed by atoms with Crippen molar-refractivity contribution in [3.8, 4) is 0 Å². The highest BCUT2D eigenvalue weighted by molar-refractivity contribution is 7.86. The first-order valence-corrected chi connectivity index (χ1v) is 12.8. The molecule has 0 saturated carbocycles. The highest BCUT2D eigenvalue weighted by atomic mass is 32.2. The van der Waals surface area contributed by atoms with Crippen molar-refractivity contribution in [2.24, 2.45) is 0 Å². The smallest absolute Gasteiger partial charge is 0.297 e. The highest BCUT2D eigenvalue weighted by Crippen LogP contribution is 2.36. The van der Waals surface area contributed by atoms with Crippen molar-refractivity contribution in [1.82, 2.24) is 0 Å².